The molecule has 1 aromatic rings. The highest BCUT2D eigenvalue weighted by molar-refractivity contribution is 5.80. The highest BCUT2D eigenvalue weighted by atomic mass is 16.5. The summed E-state index contributed by atoms with van der Waals surface area (Å²) >= 11 is 0. The van der Waals surface area contributed by atoms with E-state index in [1.807, 2.05) is 19.2 Å². The summed E-state index contributed by atoms with van der Waals surface area (Å²) in [6.07, 6.45) is 0. The second-order valence-corrected chi connectivity index (χ2v) is 6.72. The maximum atomic E-state index is 5.23. The molecule has 0 atom stereocenters. The molecule has 140 valence electrons. The molecule has 0 saturated carbocycles. The first-order chi connectivity index (χ1) is 12.0. The first-order valence-corrected chi connectivity index (χ1v) is 9.10. The predicted octanol–water partition coefficient (Wildman–Crippen LogP) is 1.73. The fraction of sp³-hybridized carbons (Fsp3) is 0.632. The minimum atomic E-state index is 0.567. The van der Waals surface area contributed by atoms with Gasteiger partial charge in [-0.25, -0.2) is 0 Å². The number of rotatable bonds is 6. The zero-order valence-corrected chi connectivity index (χ0v) is 16.3. The number of likely N-dealkylation sites (N-methyl/N-ethyl adjacent to an activating group) is 1. The molecule has 1 aromatic carbocycles. The number of nitrogens with one attached hydrogen (secondary N) is 1. The number of nitrogens with zero attached hydrogens (tertiary/aromatic N) is 4. The smallest absolute Gasteiger partial charge is 0.193 e. The summed E-state index contributed by atoms with van der Waals surface area (Å²) in [4.78, 5) is 11.5. The van der Waals surface area contributed by atoms with Crippen LogP contribution in [0.15, 0.2) is 29.3 Å². The van der Waals surface area contributed by atoms with Crippen molar-refractivity contribution >= 4 is 11.6 Å². The molecule has 0 aliphatic carbocycles. The van der Waals surface area contributed by atoms with E-state index in [2.05, 4.69) is 58.0 Å². The molecule has 2 rings (SSSR count). The molecule has 0 spiro atoms. The van der Waals surface area contributed by atoms with E-state index in [0.29, 0.717) is 6.04 Å². The summed E-state index contributed by atoms with van der Waals surface area (Å²) in [6.45, 7) is 10.3. The van der Waals surface area contributed by atoms with E-state index in [1.165, 1.54) is 5.69 Å². The van der Waals surface area contributed by atoms with Crippen LogP contribution in [0.3, 0.4) is 0 Å². The SMILES string of the molecule is CN=C(NCCN(C)C(C)C)N1CCN(c2ccc(OC)cc2)CC1. The lowest BCUT2D eigenvalue weighted by molar-refractivity contribution is 0.275. The van der Waals surface area contributed by atoms with Crippen molar-refractivity contribution in [2.45, 2.75) is 19.9 Å². The summed E-state index contributed by atoms with van der Waals surface area (Å²) in [5.74, 6) is 1.91. The molecule has 0 aromatic heterocycles. The van der Waals surface area contributed by atoms with Crippen LogP contribution < -0.4 is 15.0 Å². The molecule has 1 aliphatic heterocycles. The number of hydrogen-bond acceptors (Lipinski definition) is 4. The molecule has 0 amide bonds. The van der Waals surface area contributed by atoms with E-state index in [0.717, 1.165) is 51.0 Å². The Labute approximate surface area is 152 Å². The Morgan fingerprint density at radius 1 is 1.20 bits per heavy atom. The van der Waals surface area contributed by atoms with Crippen LogP contribution in [0.25, 0.3) is 0 Å². The summed E-state index contributed by atoms with van der Waals surface area (Å²) in [5, 5.41) is 3.49. The van der Waals surface area contributed by atoms with Crippen molar-refractivity contribution in [3.63, 3.8) is 0 Å². The van der Waals surface area contributed by atoms with Crippen molar-refractivity contribution in [2.24, 2.45) is 4.99 Å². The van der Waals surface area contributed by atoms with Gasteiger partial charge in [0.25, 0.3) is 0 Å². The molecule has 25 heavy (non-hydrogen) atoms. The van der Waals surface area contributed by atoms with Crippen molar-refractivity contribution in [1.29, 1.82) is 0 Å². The van der Waals surface area contributed by atoms with E-state index in [1.54, 1.807) is 7.11 Å². The fourth-order valence-electron chi connectivity index (χ4n) is 2.90. The number of guanidine groups is 1. The van der Waals surface area contributed by atoms with Crippen LogP contribution in [0.5, 0.6) is 5.75 Å². The number of hydrogen-bond donors (Lipinski definition) is 1. The van der Waals surface area contributed by atoms with Gasteiger partial charge in [0.05, 0.1) is 7.11 Å². The van der Waals surface area contributed by atoms with Crippen LogP contribution in [-0.2, 0) is 0 Å². The molecule has 1 saturated heterocycles. The molecule has 6 heteroatoms. The maximum absolute atomic E-state index is 5.23. The minimum Gasteiger partial charge on any atom is -0.497 e. The molecule has 1 aliphatic rings. The van der Waals surface area contributed by atoms with Gasteiger partial charge >= 0.3 is 0 Å². The lowest BCUT2D eigenvalue weighted by Crippen LogP contribution is -2.53. The van der Waals surface area contributed by atoms with Crippen LogP contribution in [0, 0.1) is 0 Å². The lowest BCUT2D eigenvalue weighted by Gasteiger charge is -2.38. The van der Waals surface area contributed by atoms with Crippen molar-refractivity contribution in [3.05, 3.63) is 24.3 Å². The van der Waals surface area contributed by atoms with Crippen LogP contribution >= 0.6 is 0 Å². The van der Waals surface area contributed by atoms with Crippen molar-refractivity contribution in [3.8, 4) is 5.75 Å². The van der Waals surface area contributed by atoms with Gasteiger partial charge in [-0.1, -0.05) is 0 Å². The van der Waals surface area contributed by atoms with Gasteiger partial charge in [0.15, 0.2) is 5.96 Å². The maximum Gasteiger partial charge on any atom is 0.193 e. The monoisotopic (exact) mass is 347 g/mol. The van der Waals surface area contributed by atoms with E-state index < -0.39 is 0 Å². The molecular weight excluding hydrogens is 314 g/mol. The average Bonchev–Trinajstić information content (AvgIpc) is 2.65. The number of methoxy groups -OCH3 is 1. The first-order valence-electron chi connectivity index (χ1n) is 9.10. The van der Waals surface area contributed by atoms with Crippen molar-refractivity contribution in [1.82, 2.24) is 15.1 Å². The third-order valence-electron chi connectivity index (χ3n) is 4.86. The van der Waals surface area contributed by atoms with Gasteiger partial charge in [-0.15, -0.1) is 0 Å². The fourth-order valence-corrected chi connectivity index (χ4v) is 2.90. The Balaban J connectivity index is 1.81. The number of aliphatic imine (C=N–C) groups is 1. The quantitative estimate of drug-likeness (QED) is 0.627. The topological polar surface area (TPSA) is 43.3 Å². The van der Waals surface area contributed by atoms with Crippen LogP contribution in [-0.4, -0.2) is 82.3 Å². The van der Waals surface area contributed by atoms with Crippen LogP contribution in [0.4, 0.5) is 5.69 Å². The third-order valence-corrected chi connectivity index (χ3v) is 4.86. The zero-order valence-electron chi connectivity index (χ0n) is 16.3. The highest BCUT2D eigenvalue weighted by Gasteiger charge is 2.19. The molecule has 0 bridgehead atoms. The number of ether oxygens (including phenoxy) is 1. The Morgan fingerprint density at radius 2 is 1.84 bits per heavy atom. The van der Waals surface area contributed by atoms with Crippen LogP contribution in [0.1, 0.15) is 13.8 Å². The number of piperazine rings is 1. The Kier molecular flexibility index (Phi) is 7.37. The minimum absolute atomic E-state index is 0.567. The van der Waals surface area contributed by atoms with Crippen molar-refractivity contribution in [2.75, 3.05) is 65.4 Å². The van der Waals surface area contributed by atoms with Gasteiger partial charge in [-0.2, -0.15) is 0 Å². The molecule has 6 nitrogen and oxygen atoms in total. The lowest BCUT2D eigenvalue weighted by atomic mass is 10.2. The Hall–Kier alpha value is -1.95. The first kappa shape index (κ1) is 19.4. The Morgan fingerprint density at radius 3 is 2.36 bits per heavy atom. The van der Waals surface area contributed by atoms with Gasteiger partial charge in [0.2, 0.25) is 0 Å². The Bertz CT molecular complexity index is 535. The van der Waals surface area contributed by atoms with E-state index >= 15 is 0 Å². The second-order valence-electron chi connectivity index (χ2n) is 6.72. The van der Waals surface area contributed by atoms with E-state index in [-0.39, 0.29) is 0 Å². The van der Waals surface area contributed by atoms with Crippen LogP contribution in [0.2, 0.25) is 0 Å². The molecule has 1 N–H and O–H groups in total. The highest BCUT2D eigenvalue weighted by Crippen LogP contribution is 2.20. The third kappa shape index (κ3) is 5.53. The van der Waals surface area contributed by atoms with Gasteiger partial charge in [0.1, 0.15) is 5.75 Å². The normalized spacial score (nSPS) is 15.9. The molecule has 1 heterocycles. The average molecular weight is 348 g/mol. The molecular formula is C19H33N5O. The summed E-state index contributed by atoms with van der Waals surface area (Å²) in [7, 11) is 5.72. The second kappa shape index (κ2) is 9.51. The summed E-state index contributed by atoms with van der Waals surface area (Å²) in [5.41, 5.74) is 1.25. The predicted molar refractivity (Wildman–Crippen MR) is 106 cm³/mol. The van der Waals surface area contributed by atoms with Gasteiger partial charge in [-0.3, -0.25) is 4.99 Å². The summed E-state index contributed by atoms with van der Waals surface area (Å²) < 4.78 is 5.23. The summed E-state index contributed by atoms with van der Waals surface area (Å²) in [6, 6.07) is 8.87. The number of benzene rings is 1. The standard InChI is InChI=1S/C19H33N5O/c1-16(2)22(4)11-10-21-19(20-3)24-14-12-23(13-15-24)17-6-8-18(25-5)9-7-17/h6-9,16H,10-15H2,1-5H3,(H,20,21). The number of anilines is 1. The zero-order chi connectivity index (χ0) is 18.2. The van der Waals surface area contributed by atoms with Gasteiger partial charge in [0, 0.05) is 58.0 Å². The largest absolute Gasteiger partial charge is 0.497 e. The van der Waals surface area contributed by atoms with Gasteiger partial charge in [-0.05, 0) is 45.2 Å². The van der Waals surface area contributed by atoms with Crippen molar-refractivity contribution < 1.29 is 4.74 Å². The van der Waals surface area contributed by atoms with E-state index in [9.17, 15) is 0 Å². The molecule has 0 unspecified atom stereocenters. The van der Waals surface area contributed by atoms with E-state index in [4.69, 9.17) is 4.74 Å². The molecule has 1 fully saturated rings. The van der Waals surface area contributed by atoms with Gasteiger partial charge < -0.3 is 24.8 Å². The molecule has 0 radical (unpaired) electrons.